The smallest absolute Gasteiger partial charge is 0.298 e. The molecule has 0 unspecified atom stereocenters. The lowest BCUT2D eigenvalue weighted by atomic mass is 9.99. The number of hydrogen-bond donors (Lipinski definition) is 0. The number of halogens is 2. The molecule has 26 heavy (non-hydrogen) atoms. The zero-order valence-electron chi connectivity index (χ0n) is 13.7. The Morgan fingerprint density at radius 2 is 1.38 bits per heavy atom. The van der Waals surface area contributed by atoms with Crippen molar-refractivity contribution in [1.82, 2.24) is 0 Å². The van der Waals surface area contributed by atoms with Crippen molar-refractivity contribution in [3.63, 3.8) is 0 Å². The minimum Gasteiger partial charge on any atom is -0.456 e. The van der Waals surface area contributed by atoms with E-state index in [9.17, 15) is 13.6 Å². The van der Waals surface area contributed by atoms with Gasteiger partial charge in [-0.05, 0) is 18.2 Å². The summed E-state index contributed by atoms with van der Waals surface area (Å²) in [7, 11) is 0. The normalized spacial score (nSPS) is 11.6. The zero-order chi connectivity index (χ0) is 18.1. The molecule has 0 amide bonds. The highest BCUT2D eigenvalue weighted by atomic mass is 19.3. The molecule has 0 fully saturated rings. The Morgan fingerprint density at radius 1 is 0.731 bits per heavy atom. The van der Waals surface area contributed by atoms with Crippen LogP contribution in [0.1, 0.15) is 11.1 Å². The number of hydrogen-bond acceptors (Lipinski definition) is 2. The van der Waals surface area contributed by atoms with E-state index in [1.807, 2.05) is 30.3 Å². The van der Waals surface area contributed by atoms with E-state index in [1.54, 1.807) is 18.2 Å². The Hall–Kier alpha value is -3.27. The monoisotopic (exact) mass is 348 g/mol. The van der Waals surface area contributed by atoms with E-state index >= 15 is 0 Å². The van der Waals surface area contributed by atoms with Crippen molar-refractivity contribution in [2.75, 3.05) is 0 Å². The van der Waals surface area contributed by atoms with Gasteiger partial charge in [0.25, 0.3) is 5.92 Å². The van der Waals surface area contributed by atoms with Crippen LogP contribution in [0, 0.1) is 0 Å². The molecule has 1 heterocycles. The van der Waals surface area contributed by atoms with E-state index in [0.29, 0.717) is 5.76 Å². The number of rotatable bonds is 3. The van der Waals surface area contributed by atoms with Crippen molar-refractivity contribution in [3.8, 4) is 11.3 Å². The minimum absolute atomic E-state index is 0.121. The van der Waals surface area contributed by atoms with Gasteiger partial charge in [-0.3, -0.25) is 4.79 Å². The molecule has 0 aliphatic rings. The van der Waals surface area contributed by atoms with Crippen LogP contribution in [0.25, 0.3) is 22.3 Å². The van der Waals surface area contributed by atoms with Gasteiger partial charge in [-0.1, -0.05) is 60.7 Å². The summed E-state index contributed by atoms with van der Waals surface area (Å²) in [5, 5.41) is 0.137. The highest BCUT2D eigenvalue weighted by Gasteiger charge is 2.34. The molecule has 0 saturated carbocycles. The van der Waals surface area contributed by atoms with Crippen LogP contribution in [-0.2, 0) is 5.92 Å². The van der Waals surface area contributed by atoms with Gasteiger partial charge in [0.05, 0.1) is 5.39 Å². The SMILES string of the molecule is O=c1cc(-c2ccccc2)oc2ccc(C(F)(F)c3ccccc3)cc12. The Labute approximate surface area is 148 Å². The lowest BCUT2D eigenvalue weighted by Gasteiger charge is -2.17. The summed E-state index contributed by atoms with van der Waals surface area (Å²) in [5.41, 5.74) is 0.325. The van der Waals surface area contributed by atoms with Gasteiger partial charge < -0.3 is 4.42 Å². The van der Waals surface area contributed by atoms with Crippen molar-refractivity contribution in [3.05, 3.63) is 106 Å². The Bertz CT molecular complexity index is 1120. The first kappa shape index (κ1) is 16.2. The Balaban J connectivity index is 1.84. The van der Waals surface area contributed by atoms with Crippen LogP contribution in [0.15, 0.2) is 94.1 Å². The van der Waals surface area contributed by atoms with Gasteiger partial charge in [-0.15, -0.1) is 0 Å². The largest absolute Gasteiger partial charge is 0.456 e. The summed E-state index contributed by atoms with van der Waals surface area (Å²) in [5.74, 6) is -2.79. The van der Waals surface area contributed by atoms with Gasteiger partial charge in [0.15, 0.2) is 5.43 Å². The van der Waals surface area contributed by atoms with E-state index in [1.165, 1.54) is 36.4 Å². The van der Waals surface area contributed by atoms with Crippen LogP contribution < -0.4 is 5.43 Å². The molecule has 4 aromatic rings. The second-order valence-electron chi connectivity index (χ2n) is 5.99. The molecule has 0 radical (unpaired) electrons. The fraction of sp³-hybridized carbons (Fsp3) is 0.0455. The summed E-state index contributed by atoms with van der Waals surface area (Å²) in [6.45, 7) is 0. The highest BCUT2D eigenvalue weighted by Crippen LogP contribution is 2.36. The first-order valence-electron chi connectivity index (χ1n) is 8.13. The minimum atomic E-state index is -3.19. The predicted octanol–water partition coefficient (Wildman–Crippen LogP) is 5.60. The molecule has 128 valence electrons. The van der Waals surface area contributed by atoms with Crippen molar-refractivity contribution < 1.29 is 13.2 Å². The van der Waals surface area contributed by atoms with Gasteiger partial charge in [-0.25, -0.2) is 0 Å². The third-order valence-electron chi connectivity index (χ3n) is 4.28. The summed E-state index contributed by atoms with van der Waals surface area (Å²) in [6, 6.07) is 22.0. The lowest BCUT2D eigenvalue weighted by Crippen LogP contribution is -2.15. The summed E-state index contributed by atoms with van der Waals surface area (Å²) < 4.78 is 35.3. The summed E-state index contributed by atoms with van der Waals surface area (Å²) in [6.07, 6.45) is 0. The molecule has 0 aliphatic heterocycles. The van der Waals surface area contributed by atoms with Gasteiger partial charge in [-0.2, -0.15) is 8.78 Å². The summed E-state index contributed by atoms with van der Waals surface area (Å²) >= 11 is 0. The molecule has 0 atom stereocenters. The molecule has 1 aromatic heterocycles. The topological polar surface area (TPSA) is 30.2 Å². The average Bonchev–Trinajstić information content (AvgIpc) is 2.69. The first-order chi connectivity index (χ1) is 12.6. The van der Waals surface area contributed by atoms with Crippen LogP contribution in [0.4, 0.5) is 8.78 Å². The fourth-order valence-electron chi connectivity index (χ4n) is 2.91. The van der Waals surface area contributed by atoms with Crippen molar-refractivity contribution in [1.29, 1.82) is 0 Å². The molecular formula is C22H14F2O2. The summed E-state index contributed by atoms with van der Waals surface area (Å²) in [4.78, 5) is 12.5. The molecule has 0 aliphatic carbocycles. The third kappa shape index (κ3) is 2.80. The van der Waals surface area contributed by atoms with Crippen LogP contribution in [0.2, 0.25) is 0 Å². The third-order valence-corrected chi connectivity index (χ3v) is 4.28. The van der Waals surface area contributed by atoms with E-state index in [2.05, 4.69) is 0 Å². The van der Waals surface area contributed by atoms with E-state index in [4.69, 9.17) is 4.42 Å². The zero-order valence-corrected chi connectivity index (χ0v) is 13.7. The van der Waals surface area contributed by atoms with E-state index in [0.717, 1.165) is 5.56 Å². The number of fused-ring (bicyclic) bond motifs is 1. The van der Waals surface area contributed by atoms with Gasteiger partial charge in [0, 0.05) is 22.8 Å². The Morgan fingerprint density at radius 3 is 2.08 bits per heavy atom. The van der Waals surface area contributed by atoms with Crippen molar-refractivity contribution in [2.45, 2.75) is 5.92 Å². The number of alkyl halides is 2. The first-order valence-corrected chi connectivity index (χ1v) is 8.13. The number of benzene rings is 3. The van der Waals surface area contributed by atoms with Crippen LogP contribution in [0.3, 0.4) is 0 Å². The van der Waals surface area contributed by atoms with Gasteiger partial charge in [0.2, 0.25) is 0 Å². The molecule has 4 rings (SSSR count). The van der Waals surface area contributed by atoms with E-state index in [-0.39, 0.29) is 27.5 Å². The van der Waals surface area contributed by atoms with Crippen molar-refractivity contribution in [2.24, 2.45) is 0 Å². The predicted molar refractivity (Wildman–Crippen MR) is 97.4 cm³/mol. The Kier molecular flexibility index (Phi) is 3.88. The van der Waals surface area contributed by atoms with Crippen LogP contribution >= 0.6 is 0 Å². The fourth-order valence-corrected chi connectivity index (χ4v) is 2.91. The lowest BCUT2D eigenvalue weighted by molar-refractivity contribution is 0.0430. The molecular weight excluding hydrogens is 334 g/mol. The average molecular weight is 348 g/mol. The van der Waals surface area contributed by atoms with Gasteiger partial charge in [0.1, 0.15) is 11.3 Å². The second kappa shape index (κ2) is 6.23. The molecule has 0 N–H and O–H groups in total. The second-order valence-corrected chi connectivity index (χ2v) is 5.99. The van der Waals surface area contributed by atoms with E-state index < -0.39 is 5.92 Å². The maximum absolute atomic E-state index is 14.8. The molecule has 3 aromatic carbocycles. The van der Waals surface area contributed by atoms with Crippen molar-refractivity contribution >= 4 is 11.0 Å². The molecule has 0 spiro atoms. The molecule has 0 bridgehead atoms. The molecule has 2 nitrogen and oxygen atoms in total. The van der Waals surface area contributed by atoms with Crippen LogP contribution in [0.5, 0.6) is 0 Å². The maximum atomic E-state index is 14.8. The van der Waals surface area contributed by atoms with Crippen LogP contribution in [-0.4, -0.2) is 0 Å². The maximum Gasteiger partial charge on any atom is 0.298 e. The quantitative estimate of drug-likeness (QED) is 0.482. The van der Waals surface area contributed by atoms with Gasteiger partial charge >= 0.3 is 0 Å². The molecule has 4 heteroatoms. The molecule has 0 saturated heterocycles. The highest BCUT2D eigenvalue weighted by molar-refractivity contribution is 5.79. The standard InChI is InChI=1S/C22H14F2O2/c23-22(24,16-9-5-2-6-10-16)17-11-12-20-18(13-17)19(25)14-21(26-20)15-7-3-1-4-8-15/h1-14H.